The second-order valence-electron chi connectivity index (χ2n) is 3.42. The summed E-state index contributed by atoms with van der Waals surface area (Å²) in [5, 5.41) is 9.59. The van der Waals surface area contributed by atoms with Gasteiger partial charge in [-0.1, -0.05) is 28.6 Å². The first-order valence-electron chi connectivity index (χ1n) is 4.81. The average molecular weight is 271 g/mol. The molecule has 0 aliphatic heterocycles. The molecule has 0 aliphatic carbocycles. The monoisotopic (exact) mass is 270 g/mol. The molecule has 0 bridgehead atoms. The lowest BCUT2D eigenvalue weighted by Gasteiger charge is -2.16. The Labute approximate surface area is 98.7 Å². The third-order valence-electron chi connectivity index (χ3n) is 2.07. The van der Waals surface area contributed by atoms with Crippen LogP contribution in [0.1, 0.15) is 25.5 Å². The van der Waals surface area contributed by atoms with Crippen molar-refractivity contribution in [2.45, 2.75) is 26.1 Å². The molecule has 82 valence electrons. The normalized spacial score (nSPS) is 14.4. The predicted octanol–water partition coefficient (Wildman–Crippen LogP) is 3.46. The van der Waals surface area contributed by atoms with Crippen LogP contribution in [-0.2, 0) is 0 Å². The first-order valence-corrected chi connectivity index (χ1v) is 5.60. The highest BCUT2D eigenvalue weighted by Crippen LogP contribution is 2.29. The fourth-order valence-corrected chi connectivity index (χ4v) is 1.58. The van der Waals surface area contributed by atoms with Crippen molar-refractivity contribution in [3.05, 3.63) is 40.9 Å². The Morgan fingerprint density at radius 3 is 2.67 bits per heavy atom. The minimum atomic E-state index is -0.547. The highest BCUT2D eigenvalue weighted by atomic mass is 79.9. The van der Waals surface area contributed by atoms with Gasteiger partial charge in [-0.15, -0.1) is 0 Å². The van der Waals surface area contributed by atoms with Crippen molar-refractivity contribution in [3.63, 3.8) is 0 Å². The molecular weight excluding hydrogens is 256 g/mol. The number of rotatable bonds is 4. The lowest BCUT2D eigenvalue weighted by Crippen LogP contribution is -2.09. The van der Waals surface area contributed by atoms with E-state index in [0.29, 0.717) is 5.75 Å². The summed E-state index contributed by atoms with van der Waals surface area (Å²) in [4.78, 5) is 0. The maximum absolute atomic E-state index is 9.59. The Morgan fingerprint density at radius 2 is 2.13 bits per heavy atom. The Morgan fingerprint density at radius 1 is 1.47 bits per heavy atom. The van der Waals surface area contributed by atoms with E-state index < -0.39 is 6.10 Å². The van der Waals surface area contributed by atoms with Gasteiger partial charge in [0.1, 0.15) is 11.9 Å². The first-order chi connectivity index (χ1) is 7.04. The Bertz CT molecular complexity index is 347. The van der Waals surface area contributed by atoms with Crippen molar-refractivity contribution in [2.75, 3.05) is 0 Å². The fraction of sp³-hybridized carbons (Fsp3) is 0.333. The Hall–Kier alpha value is -0.800. The van der Waals surface area contributed by atoms with Gasteiger partial charge in [0.25, 0.3) is 0 Å². The molecule has 0 aromatic heterocycles. The number of hydrogen-bond donors (Lipinski definition) is 1. The van der Waals surface area contributed by atoms with Gasteiger partial charge in [0.15, 0.2) is 0 Å². The number of aliphatic hydroxyl groups is 1. The summed E-state index contributed by atoms with van der Waals surface area (Å²) in [5.74, 6) is 0.695. The molecule has 0 saturated heterocycles. The molecule has 0 saturated carbocycles. The quantitative estimate of drug-likeness (QED) is 0.850. The molecule has 1 aromatic carbocycles. The number of ether oxygens (including phenoxy) is 1. The third kappa shape index (κ3) is 3.36. The summed E-state index contributed by atoms with van der Waals surface area (Å²) in [6.45, 7) is 7.27. The van der Waals surface area contributed by atoms with Crippen molar-refractivity contribution < 1.29 is 9.84 Å². The maximum Gasteiger partial charge on any atom is 0.126 e. The molecule has 2 nitrogen and oxygen atoms in total. The first kappa shape index (κ1) is 12.3. The number of hydrogen-bond acceptors (Lipinski definition) is 2. The highest BCUT2D eigenvalue weighted by molar-refractivity contribution is 9.10. The fourth-order valence-electron chi connectivity index (χ4n) is 1.20. The third-order valence-corrected chi connectivity index (χ3v) is 2.56. The molecule has 3 heteroatoms. The number of benzene rings is 1. The molecule has 0 heterocycles. The molecule has 2 atom stereocenters. The summed E-state index contributed by atoms with van der Waals surface area (Å²) in [5.41, 5.74) is 0.776. The molecular formula is C12H15BrO2. The summed E-state index contributed by atoms with van der Waals surface area (Å²) in [6, 6.07) is 5.58. The molecule has 0 radical (unpaired) electrons. The van der Waals surface area contributed by atoms with E-state index >= 15 is 0 Å². The van der Waals surface area contributed by atoms with E-state index in [-0.39, 0.29) is 6.10 Å². The van der Waals surface area contributed by atoms with Gasteiger partial charge in [0, 0.05) is 10.0 Å². The van der Waals surface area contributed by atoms with Crippen LogP contribution in [0.15, 0.2) is 35.3 Å². The van der Waals surface area contributed by atoms with Crippen LogP contribution >= 0.6 is 15.9 Å². The molecule has 15 heavy (non-hydrogen) atoms. The molecule has 0 fully saturated rings. The topological polar surface area (TPSA) is 29.5 Å². The minimum Gasteiger partial charge on any atom is -0.486 e. The lowest BCUT2D eigenvalue weighted by atomic mass is 10.1. The van der Waals surface area contributed by atoms with E-state index in [1.165, 1.54) is 0 Å². The van der Waals surface area contributed by atoms with Gasteiger partial charge in [-0.25, -0.2) is 0 Å². The highest BCUT2D eigenvalue weighted by Gasteiger charge is 2.11. The predicted molar refractivity (Wildman–Crippen MR) is 65.1 cm³/mol. The Balaban J connectivity index is 3.00. The van der Waals surface area contributed by atoms with Crippen molar-refractivity contribution in [1.82, 2.24) is 0 Å². The number of halogens is 1. The van der Waals surface area contributed by atoms with Crippen LogP contribution in [0, 0.1) is 0 Å². The smallest absolute Gasteiger partial charge is 0.126 e. The molecule has 1 aromatic rings. The average Bonchev–Trinajstić information content (AvgIpc) is 2.20. The lowest BCUT2D eigenvalue weighted by molar-refractivity contribution is 0.187. The van der Waals surface area contributed by atoms with Crippen LogP contribution in [-0.4, -0.2) is 11.2 Å². The van der Waals surface area contributed by atoms with E-state index in [0.717, 1.165) is 10.0 Å². The Kier molecular flexibility index (Phi) is 4.36. The van der Waals surface area contributed by atoms with E-state index in [1.807, 2.05) is 25.1 Å². The van der Waals surface area contributed by atoms with Crippen LogP contribution in [0.4, 0.5) is 0 Å². The standard InChI is InChI=1S/C12H15BrO2/c1-4-8(2)15-12-6-5-10(13)7-11(12)9(3)14/h4-9,14H,1H2,2-3H3/t8?,9-/m1/s1. The summed E-state index contributed by atoms with van der Waals surface area (Å²) in [7, 11) is 0. The SMILES string of the molecule is C=CC(C)Oc1ccc(Br)cc1[C@@H](C)O. The van der Waals surface area contributed by atoms with Crippen LogP contribution in [0.25, 0.3) is 0 Å². The summed E-state index contributed by atoms with van der Waals surface area (Å²) < 4.78 is 6.54. The zero-order valence-electron chi connectivity index (χ0n) is 8.90. The van der Waals surface area contributed by atoms with Crippen molar-refractivity contribution in [2.24, 2.45) is 0 Å². The van der Waals surface area contributed by atoms with Crippen LogP contribution in [0.2, 0.25) is 0 Å². The van der Waals surface area contributed by atoms with Crippen molar-refractivity contribution in [3.8, 4) is 5.75 Å². The number of aliphatic hydroxyl groups excluding tert-OH is 1. The van der Waals surface area contributed by atoms with Gasteiger partial charge in [0.05, 0.1) is 6.10 Å². The molecule has 1 unspecified atom stereocenters. The van der Waals surface area contributed by atoms with E-state index in [2.05, 4.69) is 22.5 Å². The molecule has 0 aliphatic rings. The van der Waals surface area contributed by atoms with E-state index in [9.17, 15) is 5.11 Å². The molecule has 1 N–H and O–H groups in total. The largest absolute Gasteiger partial charge is 0.486 e. The zero-order valence-corrected chi connectivity index (χ0v) is 10.5. The summed E-state index contributed by atoms with van der Waals surface area (Å²) >= 11 is 3.36. The maximum atomic E-state index is 9.59. The van der Waals surface area contributed by atoms with Crippen LogP contribution < -0.4 is 4.74 Å². The van der Waals surface area contributed by atoms with E-state index in [4.69, 9.17) is 4.74 Å². The summed E-state index contributed by atoms with van der Waals surface area (Å²) in [6.07, 6.45) is 1.10. The van der Waals surface area contributed by atoms with Crippen LogP contribution in [0.3, 0.4) is 0 Å². The molecule has 0 amide bonds. The van der Waals surface area contributed by atoms with Gasteiger partial charge in [0.2, 0.25) is 0 Å². The zero-order chi connectivity index (χ0) is 11.4. The minimum absolute atomic E-state index is 0.0660. The van der Waals surface area contributed by atoms with Gasteiger partial charge < -0.3 is 9.84 Å². The van der Waals surface area contributed by atoms with Gasteiger partial charge in [-0.3, -0.25) is 0 Å². The van der Waals surface area contributed by atoms with Crippen molar-refractivity contribution in [1.29, 1.82) is 0 Å². The van der Waals surface area contributed by atoms with Crippen LogP contribution in [0.5, 0.6) is 5.75 Å². The van der Waals surface area contributed by atoms with E-state index in [1.54, 1.807) is 13.0 Å². The molecule has 1 rings (SSSR count). The van der Waals surface area contributed by atoms with Crippen molar-refractivity contribution >= 4 is 15.9 Å². The van der Waals surface area contributed by atoms with Gasteiger partial charge in [-0.2, -0.15) is 0 Å². The van der Waals surface area contributed by atoms with Gasteiger partial charge in [-0.05, 0) is 32.0 Å². The van der Waals surface area contributed by atoms with Gasteiger partial charge >= 0.3 is 0 Å². The second kappa shape index (κ2) is 5.33. The molecule has 0 spiro atoms. The second-order valence-corrected chi connectivity index (χ2v) is 4.33.